The number of aliphatic hydroxyl groups excluding tert-OH is 1. The quantitative estimate of drug-likeness (QED) is 0.527. The highest BCUT2D eigenvalue weighted by Crippen LogP contribution is 2.23. The Bertz CT molecular complexity index is 1090. The van der Waals surface area contributed by atoms with Gasteiger partial charge in [-0.3, -0.25) is 4.79 Å². The van der Waals surface area contributed by atoms with Crippen LogP contribution in [0.4, 0.5) is 0 Å². The van der Waals surface area contributed by atoms with Gasteiger partial charge >= 0.3 is 0 Å². The van der Waals surface area contributed by atoms with Gasteiger partial charge in [-0.2, -0.15) is 5.10 Å². The lowest BCUT2D eigenvalue weighted by atomic mass is 9.94. The molecule has 0 radical (unpaired) electrons. The van der Waals surface area contributed by atoms with Crippen molar-refractivity contribution in [3.05, 3.63) is 76.9 Å². The summed E-state index contributed by atoms with van der Waals surface area (Å²) < 4.78 is 7.09. The van der Waals surface area contributed by atoms with E-state index in [-0.39, 0.29) is 31.0 Å². The van der Waals surface area contributed by atoms with Crippen LogP contribution in [0.5, 0.6) is 0 Å². The molecular formula is C24H28ClN5O3. The van der Waals surface area contributed by atoms with E-state index in [4.69, 9.17) is 4.74 Å². The van der Waals surface area contributed by atoms with Crippen molar-refractivity contribution in [3.63, 3.8) is 0 Å². The lowest BCUT2D eigenvalue weighted by molar-refractivity contribution is -0.0261. The maximum absolute atomic E-state index is 13.0. The van der Waals surface area contributed by atoms with Crippen LogP contribution in [0, 0.1) is 0 Å². The number of rotatable bonds is 5. The molecule has 8 nitrogen and oxygen atoms in total. The Hall–Kier alpha value is -2.78. The third-order valence-corrected chi connectivity index (χ3v) is 6.12. The normalized spacial score (nSPS) is 19.9. The molecule has 5 rings (SSSR count). The van der Waals surface area contributed by atoms with Gasteiger partial charge in [-0.25, -0.2) is 9.67 Å². The molecule has 0 spiro atoms. The van der Waals surface area contributed by atoms with E-state index in [2.05, 4.69) is 45.0 Å². The van der Waals surface area contributed by atoms with Crippen molar-refractivity contribution in [2.45, 2.75) is 38.0 Å². The highest BCUT2D eigenvalue weighted by molar-refractivity contribution is 5.93. The Morgan fingerprint density at radius 2 is 2.15 bits per heavy atom. The van der Waals surface area contributed by atoms with Crippen LogP contribution in [0.25, 0.3) is 5.69 Å². The number of nitrogens with zero attached hydrogens (tertiary/aromatic N) is 3. The van der Waals surface area contributed by atoms with Gasteiger partial charge in [0.05, 0.1) is 30.1 Å². The van der Waals surface area contributed by atoms with Gasteiger partial charge in [-0.05, 0) is 66.8 Å². The molecule has 1 saturated heterocycles. The number of carbonyl (C=O) groups is 1. The van der Waals surface area contributed by atoms with Gasteiger partial charge in [-0.15, -0.1) is 12.4 Å². The Morgan fingerprint density at radius 1 is 1.30 bits per heavy atom. The summed E-state index contributed by atoms with van der Waals surface area (Å²) >= 11 is 0. The Kier molecular flexibility index (Phi) is 7.39. The number of ether oxygens (including phenoxy) is 1. The third-order valence-electron chi connectivity index (χ3n) is 6.12. The minimum Gasteiger partial charge on any atom is -0.389 e. The number of benzene rings is 1. The number of fused-ring (bicyclic) bond motifs is 1. The number of hydrogen-bond donors (Lipinski definition) is 3. The highest BCUT2D eigenvalue weighted by atomic mass is 35.5. The van der Waals surface area contributed by atoms with E-state index in [1.54, 1.807) is 6.20 Å². The van der Waals surface area contributed by atoms with Crippen molar-refractivity contribution >= 4 is 18.3 Å². The molecule has 0 aliphatic carbocycles. The predicted octanol–water partition coefficient (Wildman–Crippen LogP) is 1.81. The SMILES string of the molecule is Cl.O=C(NC1CCOCC1O)c1cc(Cc2ccc(-n3cccn3)cc2)c2c(n1)CNCC2. The summed E-state index contributed by atoms with van der Waals surface area (Å²) in [7, 11) is 0. The highest BCUT2D eigenvalue weighted by Gasteiger charge is 2.27. The van der Waals surface area contributed by atoms with Gasteiger partial charge in [0.1, 0.15) is 5.69 Å². The number of hydrogen-bond acceptors (Lipinski definition) is 6. The number of pyridine rings is 1. The maximum atomic E-state index is 13.0. The third kappa shape index (κ3) is 5.25. The van der Waals surface area contributed by atoms with E-state index in [9.17, 15) is 9.90 Å². The van der Waals surface area contributed by atoms with Gasteiger partial charge in [0.15, 0.2) is 0 Å². The second kappa shape index (κ2) is 10.4. The number of aromatic nitrogens is 3. The van der Waals surface area contributed by atoms with Crippen molar-refractivity contribution in [1.82, 2.24) is 25.4 Å². The Labute approximate surface area is 198 Å². The van der Waals surface area contributed by atoms with Crippen LogP contribution in [0.15, 0.2) is 48.8 Å². The molecule has 1 aromatic carbocycles. The standard InChI is InChI=1S/C24H27N5O3.ClH/c30-23-15-32-11-7-20(23)28-24(31)21-13-17(19-6-9-25-14-22(19)27-21)12-16-2-4-18(5-3-16)29-10-1-8-26-29;/h1-5,8,10,13,20,23,25,30H,6-7,9,11-12,14-15H2,(H,28,31);1H. The molecule has 3 aromatic rings. The summed E-state index contributed by atoms with van der Waals surface area (Å²) in [5.74, 6) is -0.250. The average molecular weight is 470 g/mol. The molecule has 0 saturated carbocycles. The fourth-order valence-corrected chi connectivity index (χ4v) is 4.37. The van der Waals surface area contributed by atoms with Crippen molar-refractivity contribution in [1.29, 1.82) is 0 Å². The summed E-state index contributed by atoms with van der Waals surface area (Å²) in [5.41, 5.74) is 5.85. The molecule has 3 N–H and O–H groups in total. The second-order valence-corrected chi connectivity index (χ2v) is 8.32. The molecular weight excluding hydrogens is 442 g/mol. The van der Waals surface area contributed by atoms with Crippen molar-refractivity contribution in [2.75, 3.05) is 19.8 Å². The van der Waals surface area contributed by atoms with Crippen LogP contribution < -0.4 is 10.6 Å². The first-order valence-corrected chi connectivity index (χ1v) is 11.1. The minimum atomic E-state index is -0.695. The van der Waals surface area contributed by atoms with E-state index >= 15 is 0 Å². The first kappa shape index (κ1) is 23.4. The summed E-state index contributed by atoms with van der Waals surface area (Å²) in [6, 6.07) is 11.8. The predicted molar refractivity (Wildman–Crippen MR) is 126 cm³/mol. The molecule has 33 heavy (non-hydrogen) atoms. The van der Waals surface area contributed by atoms with E-state index in [0.29, 0.717) is 25.3 Å². The summed E-state index contributed by atoms with van der Waals surface area (Å²) in [5, 5.41) is 20.7. The van der Waals surface area contributed by atoms with E-state index in [1.165, 1.54) is 11.1 Å². The van der Waals surface area contributed by atoms with Crippen molar-refractivity contribution < 1.29 is 14.6 Å². The molecule has 4 heterocycles. The first-order chi connectivity index (χ1) is 15.7. The Balaban J connectivity index is 0.00000259. The number of carbonyl (C=O) groups excluding carboxylic acids is 1. The second-order valence-electron chi connectivity index (χ2n) is 8.32. The zero-order chi connectivity index (χ0) is 21.9. The number of aliphatic hydroxyl groups is 1. The lowest BCUT2D eigenvalue weighted by Gasteiger charge is -2.28. The number of nitrogens with one attached hydrogen (secondary N) is 2. The Morgan fingerprint density at radius 3 is 2.91 bits per heavy atom. The minimum absolute atomic E-state index is 0. The zero-order valence-electron chi connectivity index (χ0n) is 18.2. The molecule has 9 heteroatoms. The molecule has 2 unspecified atom stereocenters. The van der Waals surface area contributed by atoms with Crippen LogP contribution in [0.3, 0.4) is 0 Å². The van der Waals surface area contributed by atoms with Crippen LogP contribution in [-0.4, -0.2) is 57.7 Å². The fraction of sp³-hybridized carbons (Fsp3) is 0.375. The maximum Gasteiger partial charge on any atom is 0.270 e. The van der Waals surface area contributed by atoms with Crippen molar-refractivity contribution in [3.8, 4) is 5.69 Å². The van der Waals surface area contributed by atoms with Crippen LogP contribution in [0.1, 0.15) is 39.3 Å². The summed E-state index contributed by atoms with van der Waals surface area (Å²) in [6.07, 6.45) is 5.20. The van der Waals surface area contributed by atoms with Gasteiger partial charge in [-0.1, -0.05) is 12.1 Å². The van der Waals surface area contributed by atoms with E-state index in [1.807, 2.05) is 23.0 Å². The number of halogens is 1. The molecule has 1 amide bonds. The average Bonchev–Trinajstić information content (AvgIpc) is 3.36. The van der Waals surface area contributed by atoms with E-state index < -0.39 is 6.10 Å². The van der Waals surface area contributed by atoms with Crippen LogP contribution in [0.2, 0.25) is 0 Å². The molecule has 2 aliphatic rings. The van der Waals surface area contributed by atoms with Gasteiger partial charge in [0.2, 0.25) is 0 Å². The van der Waals surface area contributed by atoms with E-state index in [0.717, 1.165) is 36.3 Å². The van der Waals surface area contributed by atoms with Gasteiger partial charge in [0.25, 0.3) is 5.91 Å². The largest absolute Gasteiger partial charge is 0.389 e. The lowest BCUT2D eigenvalue weighted by Crippen LogP contribution is -2.49. The zero-order valence-corrected chi connectivity index (χ0v) is 19.1. The fourth-order valence-electron chi connectivity index (χ4n) is 4.37. The molecule has 0 bridgehead atoms. The molecule has 2 aliphatic heterocycles. The van der Waals surface area contributed by atoms with Crippen LogP contribution >= 0.6 is 12.4 Å². The monoisotopic (exact) mass is 469 g/mol. The topological polar surface area (TPSA) is 101 Å². The number of amides is 1. The van der Waals surface area contributed by atoms with Crippen LogP contribution in [-0.2, 0) is 24.1 Å². The smallest absolute Gasteiger partial charge is 0.270 e. The van der Waals surface area contributed by atoms with Crippen molar-refractivity contribution in [2.24, 2.45) is 0 Å². The summed E-state index contributed by atoms with van der Waals surface area (Å²) in [4.78, 5) is 17.6. The first-order valence-electron chi connectivity index (χ1n) is 11.1. The molecule has 1 fully saturated rings. The summed E-state index contributed by atoms with van der Waals surface area (Å²) in [6.45, 7) is 2.33. The molecule has 2 aromatic heterocycles. The van der Waals surface area contributed by atoms with Gasteiger partial charge in [0, 0.05) is 25.5 Å². The molecule has 2 atom stereocenters. The molecule has 174 valence electrons. The van der Waals surface area contributed by atoms with Gasteiger partial charge < -0.3 is 20.5 Å².